The zero-order valence-electron chi connectivity index (χ0n) is 29.2. The molecule has 246 valence electrons. The maximum atomic E-state index is 6.43. The molecule has 0 amide bonds. The van der Waals surface area contributed by atoms with Crippen molar-refractivity contribution in [3.05, 3.63) is 156 Å². The SMILES string of the molecule is CC1(C)c2ccccc2-c2c(-c3nc(-c4ccccc4)nc(-c4cccc5c4C4C=CC=CC4O5)n3)cc3ccc4ccccc4c3c2C1(C)C. The van der Waals surface area contributed by atoms with Crippen LogP contribution in [0.4, 0.5) is 0 Å². The molecule has 51 heavy (non-hydrogen) atoms. The Labute approximate surface area is 298 Å². The summed E-state index contributed by atoms with van der Waals surface area (Å²) in [6.07, 6.45) is 8.49. The zero-order valence-corrected chi connectivity index (χ0v) is 29.2. The standard InChI is InChI=1S/C47H37N3O/c1-46(2)36-22-12-10-19-32(36)41-35(27-30-26-25-28-15-8-9-18-31(28)39(30)42(41)47(46,3)4)45-49-43(29-16-6-5-7-17-29)48-44(50-45)34-21-14-24-38-40(34)33-20-11-13-23-37(33)51-38/h5-27,33,37H,1-4H3. The van der Waals surface area contributed by atoms with Gasteiger partial charge < -0.3 is 4.74 Å². The molecule has 7 aromatic rings. The Morgan fingerprint density at radius 1 is 0.569 bits per heavy atom. The van der Waals surface area contributed by atoms with Crippen LogP contribution in [0.1, 0.15) is 50.3 Å². The summed E-state index contributed by atoms with van der Waals surface area (Å²) in [5.41, 5.74) is 8.80. The zero-order chi connectivity index (χ0) is 34.5. The van der Waals surface area contributed by atoms with Gasteiger partial charge in [0.15, 0.2) is 17.5 Å². The average molecular weight is 660 g/mol. The molecule has 0 fully saturated rings. The molecule has 2 atom stereocenters. The molecule has 2 heterocycles. The van der Waals surface area contributed by atoms with Gasteiger partial charge in [0, 0.05) is 33.6 Å². The number of fused-ring (bicyclic) bond motifs is 10. The van der Waals surface area contributed by atoms with Crippen LogP contribution in [0.5, 0.6) is 5.75 Å². The minimum Gasteiger partial charge on any atom is -0.485 e. The second kappa shape index (κ2) is 10.8. The van der Waals surface area contributed by atoms with Gasteiger partial charge in [0.25, 0.3) is 0 Å². The summed E-state index contributed by atoms with van der Waals surface area (Å²) >= 11 is 0. The lowest BCUT2D eigenvalue weighted by Crippen LogP contribution is -2.43. The van der Waals surface area contributed by atoms with E-state index in [1.54, 1.807) is 0 Å². The smallest absolute Gasteiger partial charge is 0.164 e. The number of rotatable bonds is 3. The van der Waals surface area contributed by atoms with Crippen LogP contribution in [0.25, 0.3) is 66.8 Å². The largest absolute Gasteiger partial charge is 0.485 e. The Morgan fingerprint density at radius 2 is 1.25 bits per heavy atom. The summed E-state index contributed by atoms with van der Waals surface area (Å²) in [5, 5.41) is 5.00. The summed E-state index contributed by atoms with van der Waals surface area (Å²) in [5.74, 6) is 2.95. The van der Waals surface area contributed by atoms with Gasteiger partial charge in [-0.05, 0) is 67.4 Å². The molecule has 1 aliphatic heterocycles. The third kappa shape index (κ3) is 4.29. The monoisotopic (exact) mass is 659 g/mol. The van der Waals surface area contributed by atoms with Crippen LogP contribution in [0.3, 0.4) is 0 Å². The summed E-state index contributed by atoms with van der Waals surface area (Å²) in [6.45, 7) is 9.62. The van der Waals surface area contributed by atoms with E-state index < -0.39 is 0 Å². The molecular weight excluding hydrogens is 623 g/mol. The van der Waals surface area contributed by atoms with Gasteiger partial charge in [-0.2, -0.15) is 0 Å². The van der Waals surface area contributed by atoms with Crippen LogP contribution in [-0.4, -0.2) is 21.1 Å². The van der Waals surface area contributed by atoms with Crippen molar-refractivity contribution in [2.75, 3.05) is 0 Å². The molecule has 0 saturated heterocycles. The second-order valence-corrected chi connectivity index (χ2v) is 15.1. The first-order valence-corrected chi connectivity index (χ1v) is 17.9. The highest BCUT2D eigenvalue weighted by Gasteiger charge is 2.48. The first kappa shape index (κ1) is 30.0. The minimum atomic E-state index is -0.235. The van der Waals surface area contributed by atoms with Gasteiger partial charge in [-0.25, -0.2) is 15.0 Å². The fraction of sp³-hybridized carbons (Fsp3) is 0.170. The molecule has 3 aliphatic rings. The van der Waals surface area contributed by atoms with E-state index in [4.69, 9.17) is 19.7 Å². The summed E-state index contributed by atoms with van der Waals surface area (Å²) in [6, 6.07) is 41.1. The third-order valence-corrected chi connectivity index (χ3v) is 12.0. The molecule has 0 saturated carbocycles. The predicted molar refractivity (Wildman–Crippen MR) is 208 cm³/mol. The Bertz CT molecular complexity index is 2630. The highest BCUT2D eigenvalue weighted by molar-refractivity contribution is 6.14. The Hall–Kier alpha value is -5.87. The van der Waals surface area contributed by atoms with Crippen molar-refractivity contribution in [2.45, 2.75) is 50.5 Å². The normalized spacial score (nSPS) is 18.9. The third-order valence-electron chi connectivity index (χ3n) is 12.0. The lowest BCUT2D eigenvalue weighted by atomic mass is 9.54. The quantitative estimate of drug-likeness (QED) is 0.177. The number of hydrogen-bond acceptors (Lipinski definition) is 4. The number of allylic oxidation sites excluding steroid dienone is 2. The van der Waals surface area contributed by atoms with E-state index in [1.807, 2.05) is 18.2 Å². The highest BCUT2D eigenvalue weighted by Crippen LogP contribution is 2.58. The molecule has 0 radical (unpaired) electrons. The van der Waals surface area contributed by atoms with Crippen molar-refractivity contribution in [2.24, 2.45) is 0 Å². The number of nitrogens with zero attached hydrogens (tertiary/aromatic N) is 3. The van der Waals surface area contributed by atoms with Crippen LogP contribution in [0, 0.1) is 0 Å². The van der Waals surface area contributed by atoms with Gasteiger partial charge >= 0.3 is 0 Å². The van der Waals surface area contributed by atoms with E-state index in [0.717, 1.165) is 28.0 Å². The van der Waals surface area contributed by atoms with Crippen molar-refractivity contribution < 1.29 is 4.74 Å². The first-order valence-electron chi connectivity index (χ1n) is 17.9. The van der Waals surface area contributed by atoms with Crippen LogP contribution in [0.15, 0.2) is 140 Å². The van der Waals surface area contributed by atoms with Crippen LogP contribution >= 0.6 is 0 Å². The van der Waals surface area contributed by atoms with Gasteiger partial charge in [0.1, 0.15) is 11.9 Å². The maximum absolute atomic E-state index is 6.43. The van der Waals surface area contributed by atoms with Crippen LogP contribution < -0.4 is 4.74 Å². The second-order valence-electron chi connectivity index (χ2n) is 15.1. The van der Waals surface area contributed by atoms with E-state index >= 15 is 0 Å². The summed E-state index contributed by atoms with van der Waals surface area (Å²) in [4.78, 5) is 16.0. The van der Waals surface area contributed by atoms with E-state index in [-0.39, 0.29) is 22.9 Å². The van der Waals surface area contributed by atoms with Crippen LogP contribution in [-0.2, 0) is 10.8 Å². The van der Waals surface area contributed by atoms with E-state index in [0.29, 0.717) is 17.5 Å². The van der Waals surface area contributed by atoms with Crippen LogP contribution in [0.2, 0.25) is 0 Å². The molecule has 6 aromatic carbocycles. The van der Waals surface area contributed by atoms with E-state index in [9.17, 15) is 0 Å². The van der Waals surface area contributed by atoms with Gasteiger partial charge in [-0.15, -0.1) is 0 Å². The number of hydrogen-bond donors (Lipinski definition) is 0. The van der Waals surface area contributed by atoms with Crippen molar-refractivity contribution in [3.63, 3.8) is 0 Å². The summed E-state index contributed by atoms with van der Waals surface area (Å²) in [7, 11) is 0. The van der Waals surface area contributed by atoms with Gasteiger partial charge in [-0.1, -0.05) is 149 Å². The lowest BCUT2D eigenvalue weighted by Gasteiger charge is -2.49. The molecule has 1 aromatic heterocycles. The Balaban J connectivity index is 1.33. The average Bonchev–Trinajstić information content (AvgIpc) is 3.56. The fourth-order valence-corrected chi connectivity index (χ4v) is 8.78. The first-order chi connectivity index (χ1) is 24.8. The minimum absolute atomic E-state index is 0.0366. The molecule has 2 unspecified atom stereocenters. The van der Waals surface area contributed by atoms with Gasteiger partial charge in [0.05, 0.1) is 0 Å². The summed E-state index contributed by atoms with van der Waals surface area (Å²) < 4.78 is 6.43. The number of ether oxygens (including phenoxy) is 1. The van der Waals surface area contributed by atoms with Gasteiger partial charge in [-0.3, -0.25) is 0 Å². The van der Waals surface area contributed by atoms with Crippen molar-refractivity contribution >= 4 is 21.5 Å². The molecule has 4 heteroatoms. The molecule has 0 bridgehead atoms. The number of benzene rings is 6. The Kier molecular flexibility index (Phi) is 6.36. The maximum Gasteiger partial charge on any atom is 0.164 e. The molecule has 0 N–H and O–H groups in total. The molecule has 4 nitrogen and oxygen atoms in total. The molecule has 10 rings (SSSR count). The van der Waals surface area contributed by atoms with E-state index in [1.165, 1.54) is 43.8 Å². The van der Waals surface area contributed by atoms with Crippen molar-refractivity contribution in [1.82, 2.24) is 15.0 Å². The predicted octanol–water partition coefficient (Wildman–Crippen LogP) is 11.4. The fourth-order valence-electron chi connectivity index (χ4n) is 8.78. The molecule has 2 aliphatic carbocycles. The molecular formula is C47H37N3O. The highest BCUT2D eigenvalue weighted by atomic mass is 16.5. The topological polar surface area (TPSA) is 47.9 Å². The molecule has 0 spiro atoms. The number of aromatic nitrogens is 3. The van der Waals surface area contributed by atoms with E-state index in [2.05, 4.69) is 149 Å². The van der Waals surface area contributed by atoms with Crippen molar-refractivity contribution in [3.8, 4) is 51.0 Å². The van der Waals surface area contributed by atoms with Gasteiger partial charge in [0.2, 0.25) is 0 Å². The Morgan fingerprint density at radius 3 is 2.12 bits per heavy atom. The van der Waals surface area contributed by atoms with Crippen molar-refractivity contribution in [1.29, 1.82) is 0 Å². The lowest BCUT2D eigenvalue weighted by molar-refractivity contribution is 0.269.